The second-order valence-electron chi connectivity index (χ2n) is 4.85. The summed E-state index contributed by atoms with van der Waals surface area (Å²) in [7, 11) is 0. The average molecular weight is 264 g/mol. The minimum Gasteiger partial charge on any atom is -0.492 e. The molecule has 0 amide bonds. The number of ether oxygens (including phenoxy) is 1. The average Bonchev–Trinajstić information content (AvgIpc) is 2.41. The van der Waals surface area contributed by atoms with Gasteiger partial charge in [0, 0.05) is 19.6 Å². The second kappa shape index (κ2) is 8.94. The van der Waals surface area contributed by atoms with Crippen molar-refractivity contribution in [2.45, 2.75) is 27.7 Å². The molecule has 0 radical (unpaired) electrons. The molecule has 19 heavy (non-hydrogen) atoms. The normalized spacial score (nSPS) is 11.0. The van der Waals surface area contributed by atoms with E-state index in [4.69, 9.17) is 4.74 Å². The molecule has 0 spiro atoms. The lowest BCUT2D eigenvalue weighted by atomic mass is 10.1. The van der Waals surface area contributed by atoms with Crippen LogP contribution in [0.1, 0.15) is 25.0 Å². The van der Waals surface area contributed by atoms with E-state index in [2.05, 4.69) is 56.1 Å². The third-order valence-electron chi connectivity index (χ3n) is 3.43. The van der Waals surface area contributed by atoms with Crippen molar-refractivity contribution in [3.63, 3.8) is 0 Å². The van der Waals surface area contributed by atoms with E-state index in [0.29, 0.717) is 0 Å². The molecule has 0 saturated carbocycles. The molecule has 3 heteroatoms. The van der Waals surface area contributed by atoms with E-state index in [0.717, 1.165) is 45.1 Å². The lowest BCUT2D eigenvalue weighted by molar-refractivity contribution is 0.284. The van der Waals surface area contributed by atoms with Gasteiger partial charge in [0.15, 0.2) is 0 Å². The van der Waals surface area contributed by atoms with Gasteiger partial charge in [-0.1, -0.05) is 32.0 Å². The molecule has 0 aliphatic rings. The van der Waals surface area contributed by atoms with Crippen molar-refractivity contribution in [1.29, 1.82) is 0 Å². The SMILES string of the molecule is CCN(CC)CCNCCOc1c(C)cccc1C. The molecule has 0 bridgehead atoms. The van der Waals surface area contributed by atoms with Crippen molar-refractivity contribution in [3.05, 3.63) is 29.3 Å². The van der Waals surface area contributed by atoms with Gasteiger partial charge >= 0.3 is 0 Å². The summed E-state index contributed by atoms with van der Waals surface area (Å²) in [4.78, 5) is 2.42. The third-order valence-corrected chi connectivity index (χ3v) is 3.43. The Kier molecular flexibility index (Phi) is 7.53. The largest absolute Gasteiger partial charge is 0.492 e. The van der Waals surface area contributed by atoms with Crippen LogP contribution in [0.3, 0.4) is 0 Å². The highest BCUT2D eigenvalue weighted by atomic mass is 16.5. The Hall–Kier alpha value is -1.06. The van der Waals surface area contributed by atoms with Crippen LogP contribution in [0.2, 0.25) is 0 Å². The first-order valence-electron chi connectivity index (χ1n) is 7.31. The number of aryl methyl sites for hydroxylation is 2. The van der Waals surface area contributed by atoms with E-state index in [1.165, 1.54) is 11.1 Å². The zero-order valence-electron chi connectivity index (χ0n) is 12.8. The van der Waals surface area contributed by atoms with E-state index < -0.39 is 0 Å². The van der Waals surface area contributed by atoms with Gasteiger partial charge in [0.1, 0.15) is 12.4 Å². The molecule has 3 nitrogen and oxygen atoms in total. The third kappa shape index (κ3) is 5.62. The van der Waals surface area contributed by atoms with E-state index in [1.54, 1.807) is 0 Å². The van der Waals surface area contributed by atoms with Gasteiger partial charge in [0.05, 0.1) is 0 Å². The minimum atomic E-state index is 0.726. The second-order valence-corrected chi connectivity index (χ2v) is 4.85. The van der Waals surface area contributed by atoms with E-state index >= 15 is 0 Å². The standard InChI is InChI=1S/C16H28N2O/c1-5-18(6-2)12-10-17-11-13-19-16-14(3)8-7-9-15(16)4/h7-9,17H,5-6,10-13H2,1-4H3. The zero-order chi connectivity index (χ0) is 14.1. The summed E-state index contributed by atoms with van der Waals surface area (Å²) in [5, 5.41) is 3.43. The van der Waals surface area contributed by atoms with Crippen LogP contribution in [0.4, 0.5) is 0 Å². The van der Waals surface area contributed by atoms with Crippen LogP contribution >= 0.6 is 0 Å². The van der Waals surface area contributed by atoms with Gasteiger partial charge in [0.25, 0.3) is 0 Å². The molecule has 1 rings (SSSR count). The van der Waals surface area contributed by atoms with Crippen LogP contribution in [0, 0.1) is 13.8 Å². The molecule has 0 unspecified atom stereocenters. The highest BCUT2D eigenvalue weighted by Gasteiger charge is 2.02. The highest BCUT2D eigenvalue weighted by molar-refractivity contribution is 5.39. The fourth-order valence-electron chi connectivity index (χ4n) is 2.15. The monoisotopic (exact) mass is 264 g/mol. The van der Waals surface area contributed by atoms with Gasteiger partial charge in [0.2, 0.25) is 0 Å². The number of hydrogen-bond donors (Lipinski definition) is 1. The van der Waals surface area contributed by atoms with E-state index in [-0.39, 0.29) is 0 Å². The van der Waals surface area contributed by atoms with Crippen molar-refractivity contribution in [1.82, 2.24) is 10.2 Å². The predicted molar refractivity (Wildman–Crippen MR) is 82.1 cm³/mol. The molecule has 108 valence electrons. The van der Waals surface area contributed by atoms with Crippen LogP contribution < -0.4 is 10.1 Å². The Morgan fingerprint density at radius 3 is 2.26 bits per heavy atom. The smallest absolute Gasteiger partial charge is 0.125 e. The van der Waals surface area contributed by atoms with Crippen molar-refractivity contribution in [2.24, 2.45) is 0 Å². The number of benzene rings is 1. The van der Waals surface area contributed by atoms with Gasteiger partial charge in [-0.25, -0.2) is 0 Å². The maximum absolute atomic E-state index is 5.85. The lowest BCUT2D eigenvalue weighted by Gasteiger charge is -2.18. The molecular formula is C16H28N2O. The Morgan fingerprint density at radius 1 is 1.05 bits per heavy atom. The summed E-state index contributed by atoms with van der Waals surface area (Å²) in [5.74, 6) is 1.04. The first-order valence-corrected chi connectivity index (χ1v) is 7.31. The Morgan fingerprint density at radius 2 is 1.68 bits per heavy atom. The summed E-state index contributed by atoms with van der Waals surface area (Å²) in [6.45, 7) is 14.6. The van der Waals surface area contributed by atoms with Crippen molar-refractivity contribution in [2.75, 3.05) is 39.3 Å². The lowest BCUT2D eigenvalue weighted by Crippen LogP contribution is -2.33. The first kappa shape index (κ1) is 16.0. The molecule has 0 aliphatic carbocycles. The number of nitrogens with zero attached hydrogens (tertiary/aromatic N) is 1. The maximum Gasteiger partial charge on any atom is 0.125 e. The van der Waals surface area contributed by atoms with Crippen LogP contribution in [0.25, 0.3) is 0 Å². The molecule has 0 aromatic heterocycles. The van der Waals surface area contributed by atoms with Gasteiger partial charge in [-0.2, -0.15) is 0 Å². The molecule has 1 N–H and O–H groups in total. The predicted octanol–water partition coefficient (Wildman–Crippen LogP) is 2.61. The first-order chi connectivity index (χ1) is 9.19. The van der Waals surface area contributed by atoms with E-state index in [1.807, 2.05) is 0 Å². The molecule has 1 aromatic carbocycles. The Labute approximate surface area is 118 Å². The summed E-state index contributed by atoms with van der Waals surface area (Å²) in [6.07, 6.45) is 0. The topological polar surface area (TPSA) is 24.5 Å². The minimum absolute atomic E-state index is 0.726. The van der Waals surface area contributed by atoms with Gasteiger partial charge < -0.3 is 15.0 Å². The molecule has 0 fully saturated rings. The highest BCUT2D eigenvalue weighted by Crippen LogP contribution is 2.21. The number of hydrogen-bond acceptors (Lipinski definition) is 3. The molecule has 0 atom stereocenters. The fourth-order valence-corrected chi connectivity index (χ4v) is 2.15. The van der Waals surface area contributed by atoms with Crippen LogP contribution in [0.15, 0.2) is 18.2 Å². The quantitative estimate of drug-likeness (QED) is 0.694. The van der Waals surface area contributed by atoms with Crippen LogP contribution in [-0.4, -0.2) is 44.2 Å². The number of nitrogens with one attached hydrogen (secondary N) is 1. The van der Waals surface area contributed by atoms with E-state index in [9.17, 15) is 0 Å². The summed E-state index contributed by atoms with van der Waals surface area (Å²) < 4.78 is 5.85. The van der Waals surface area contributed by atoms with Crippen molar-refractivity contribution < 1.29 is 4.74 Å². The molecule has 0 aliphatic heterocycles. The number of rotatable bonds is 9. The maximum atomic E-state index is 5.85. The van der Waals surface area contributed by atoms with Gasteiger partial charge in [-0.05, 0) is 38.1 Å². The Bertz CT molecular complexity index is 342. The van der Waals surface area contributed by atoms with Gasteiger partial charge in [-0.3, -0.25) is 0 Å². The number of para-hydroxylation sites is 1. The summed E-state index contributed by atoms with van der Waals surface area (Å²) in [5.41, 5.74) is 2.42. The molecular weight excluding hydrogens is 236 g/mol. The van der Waals surface area contributed by atoms with Crippen LogP contribution in [-0.2, 0) is 0 Å². The number of likely N-dealkylation sites (N-methyl/N-ethyl adjacent to an activating group) is 1. The fraction of sp³-hybridized carbons (Fsp3) is 0.625. The van der Waals surface area contributed by atoms with Crippen LogP contribution in [0.5, 0.6) is 5.75 Å². The Balaban J connectivity index is 2.17. The molecule has 0 saturated heterocycles. The van der Waals surface area contributed by atoms with Crippen molar-refractivity contribution >= 4 is 0 Å². The zero-order valence-corrected chi connectivity index (χ0v) is 12.8. The summed E-state index contributed by atoms with van der Waals surface area (Å²) in [6, 6.07) is 6.26. The molecule has 0 heterocycles. The molecule has 1 aromatic rings. The van der Waals surface area contributed by atoms with Gasteiger partial charge in [-0.15, -0.1) is 0 Å². The summed E-state index contributed by atoms with van der Waals surface area (Å²) >= 11 is 0. The van der Waals surface area contributed by atoms with Crippen molar-refractivity contribution in [3.8, 4) is 5.75 Å².